The SMILES string of the molecule is Cc1cc(CN)ccc1S(=O)(=O)N(CC1CC1)C1CC1. The van der Waals surface area contributed by atoms with Crippen molar-refractivity contribution >= 4 is 10.0 Å². The van der Waals surface area contributed by atoms with Crippen LogP contribution in [0.25, 0.3) is 0 Å². The first-order valence-electron chi connectivity index (χ1n) is 7.34. The summed E-state index contributed by atoms with van der Waals surface area (Å²) in [6, 6.07) is 5.65. The molecule has 4 nitrogen and oxygen atoms in total. The van der Waals surface area contributed by atoms with Crippen LogP contribution in [0.15, 0.2) is 23.1 Å². The number of rotatable bonds is 6. The molecule has 0 atom stereocenters. The Kier molecular flexibility index (Phi) is 3.60. The number of sulfonamides is 1. The third-order valence-electron chi connectivity index (χ3n) is 4.15. The molecular weight excluding hydrogens is 272 g/mol. The zero-order valence-electron chi connectivity index (χ0n) is 11.9. The van der Waals surface area contributed by atoms with Crippen LogP contribution in [-0.4, -0.2) is 25.3 Å². The fourth-order valence-corrected chi connectivity index (χ4v) is 4.58. The number of hydrogen-bond acceptors (Lipinski definition) is 3. The van der Waals surface area contributed by atoms with Gasteiger partial charge in [0.15, 0.2) is 0 Å². The van der Waals surface area contributed by atoms with Crippen molar-refractivity contribution in [3.05, 3.63) is 29.3 Å². The molecule has 2 aliphatic rings. The Bertz CT molecular complexity index is 604. The van der Waals surface area contributed by atoms with E-state index in [9.17, 15) is 8.42 Å². The van der Waals surface area contributed by atoms with E-state index in [0.717, 1.165) is 24.0 Å². The Morgan fingerprint density at radius 1 is 1.25 bits per heavy atom. The van der Waals surface area contributed by atoms with Crippen LogP contribution in [0.1, 0.15) is 36.8 Å². The minimum absolute atomic E-state index is 0.231. The molecule has 20 heavy (non-hydrogen) atoms. The number of nitrogens with zero attached hydrogens (tertiary/aromatic N) is 1. The topological polar surface area (TPSA) is 63.4 Å². The van der Waals surface area contributed by atoms with Crippen molar-refractivity contribution in [2.24, 2.45) is 11.7 Å². The maximum absolute atomic E-state index is 12.9. The van der Waals surface area contributed by atoms with Gasteiger partial charge in [-0.25, -0.2) is 8.42 Å². The summed E-state index contributed by atoms with van der Waals surface area (Å²) in [5.74, 6) is 0.578. The maximum atomic E-state index is 12.9. The van der Waals surface area contributed by atoms with E-state index in [0.29, 0.717) is 23.9 Å². The number of benzene rings is 1. The highest BCUT2D eigenvalue weighted by atomic mass is 32.2. The Hall–Kier alpha value is -0.910. The minimum Gasteiger partial charge on any atom is -0.326 e. The molecule has 0 aromatic heterocycles. The molecular formula is C15H22N2O2S. The molecule has 110 valence electrons. The fourth-order valence-electron chi connectivity index (χ4n) is 2.62. The molecule has 0 heterocycles. The Morgan fingerprint density at radius 3 is 2.45 bits per heavy atom. The van der Waals surface area contributed by atoms with E-state index in [1.54, 1.807) is 10.4 Å². The van der Waals surface area contributed by atoms with Crippen LogP contribution < -0.4 is 5.73 Å². The summed E-state index contributed by atoms with van der Waals surface area (Å²) in [7, 11) is -3.36. The lowest BCUT2D eigenvalue weighted by Gasteiger charge is -2.23. The first-order valence-corrected chi connectivity index (χ1v) is 8.78. The summed E-state index contributed by atoms with van der Waals surface area (Å²) >= 11 is 0. The molecule has 0 unspecified atom stereocenters. The predicted molar refractivity (Wildman–Crippen MR) is 78.7 cm³/mol. The number of hydrogen-bond donors (Lipinski definition) is 1. The van der Waals surface area contributed by atoms with Gasteiger partial charge in [0.25, 0.3) is 0 Å². The van der Waals surface area contributed by atoms with E-state index in [2.05, 4.69) is 0 Å². The van der Waals surface area contributed by atoms with Gasteiger partial charge in [-0.2, -0.15) is 4.31 Å². The molecule has 0 aliphatic heterocycles. The second kappa shape index (κ2) is 5.13. The summed E-state index contributed by atoms with van der Waals surface area (Å²) in [5, 5.41) is 0. The third-order valence-corrected chi connectivity index (χ3v) is 6.23. The van der Waals surface area contributed by atoms with E-state index in [-0.39, 0.29) is 6.04 Å². The molecule has 5 heteroatoms. The van der Waals surface area contributed by atoms with Gasteiger partial charge >= 0.3 is 0 Å². The van der Waals surface area contributed by atoms with E-state index in [1.165, 1.54) is 12.8 Å². The van der Waals surface area contributed by atoms with Crippen LogP contribution in [0.3, 0.4) is 0 Å². The molecule has 0 radical (unpaired) electrons. The molecule has 0 saturated heterocycles. The summed E-state index contributed by atoms with van der Waals surface area (Å²) in [5.41, 5.74) is 7.38. The van der Waals surface area contributed by atoms with Gasteiger partial charge in [-0.1, -0.05) is 12.1 Å². The second-order valence-corrected chi connectivity index (χ2v) is 7.91. The zero-order valence-corrected chi connectivity index (χ0v) is 12.7. The van der Waals surface area contributed by atoms with Gasteiger partial charge in [-0.3, -0.25) is 0 Å². The van der Waals surface area contributed by atoms with Gasteiger partial charge in [-0.05, 0) is 55.7 Å². The van der Waals surface area contributed by atoms with Crippen molar-refractivity contribution in [1.29, 1.82) is 0 Å². The fraction of sp³-hybridized carbons (Fsp3) is 0.600. The summed E-state index contributed by atoms with van der Waals surface area (Å²) < 4.78 is 27.5. The highest BCUT2D eigenvalue weighted by molar-refractivity contribution is 7.89. The van der Waals surface area contributed by atoms with E-state index < -0.39 is 10.0 Å². The smallest absolute Gasteiger partial charge is 0.243 e. The van der Waals surface area contributed by atoms with Crippen LogP contribution >= 0.6 is 0 Å². The standard InChI is InChI=1S/C15H22N2O2S/c1-11-8-13(9-16)4-7-15(11)20(18,19)17(14-5-6-14)10-12-2-3-12/h4,7-8,12,14H,2-3,5-6,9-10,16H2,1H3. The largest absolute Gasteiger partial charge is 0.326 e. The van der Waals surface area contributed by atoms with Gasteiger partial charge in [0, 0.05) is 19.1 Å². The average molecular weight is 294 g/mol. The molecule has 1 aromatic rings. The van der Waals surface area contributed by atoms with Crippen LogP contribution in [0.2, 0.25) is 0 Å². The van der Waals surface area contributed by atoms with Crippen molar-refractivity contribution in [1.82, 2.24) is 4.31 Å². The maximum Gasteiger partial charge on any atom is 0.243 e. The first-order chi connectivity index (χ1) is 9.52. The van der Waals surface area contributed by atoms with Crippen LogP contribution in [0, 0.1) is 12.8 Å². The van der Waals surface area contributed by atoms with Crippen molar-refractivity contribution in [2.45, 2.75) is 50.1 Å². The lowest BCUT2D eigenvalue weighted by atomic mass is 10.1. The predicted octanol–water partition coefficient (Wildman–Crippen LogP) is 2.02. The summed E-state index contributed by atoms with van der Waals surface area (Å²) in [6.07, 6.45) is 4.35. The molecule has 0 amide bonds. The molecule has 1 aromatic carbocycles. The average Bonchev–Trinajstić information content (AvgIpc) is 3.27. The summed E-state index contributed by atoms with van der Waals surface area (Å²) in [6.45, 7) is 2.99. The highest BCUT2D eigenvalue weighted by Gasteiger charge is 2.41. The van der Waals surface area contributed by atoms with E-state index in [1.807, 2.05) is 19.1 Å². The third kappa shape index (κ3) is 2.75. The van der Waals surface area contributed by atoms with Gasteiger partial charge in [-0.15, -0.1) is 0 Å². The minimum atomic E-state index is -3.36. The van der Waals surface area contributed by atoms with Gasteiger partial charge in [0.05, 0.1) is 4.90 Å². The number of aryl methyl sites for hydroxylation is 1. The van der Waals surface area contributed by atoms with Crippen LogP contribution in [0.5, 0.6) is 0 Å². The molecule has 2 aliphatic carbocycles. The molecule has 0 spiro atoms. The first kappa shape index (κ1) is 14.0. The van der Waals surface area contributed by atoms with Crippen molar-refractivity contribution in [3.63, 3.8) is 0 Å². The molecule has 3 rings (SSSR count). The quantitative estimate of drug-likeness (QED) is 0.873. The molecule has 2 saturated carbocycles. The van der Waals surface area contributed by atoms with Crippen LogP contribution in [-0.2, 0) is 16.6 Å². The molecule has 2 N–H and O–H groups in total. The Labute approximate surface area is 121 Å². The van der Waals surface area contributed by atoms with E-state index >= 15 is 0 Å². The van der Waals surface area contributed by atoms with Crippen molar-refractivity contribution in [3.8, 4) is 0 Å². The van der Waals surface area contributed by atoms with Crippen molar-refractivity contribution < 1.29 is 8.42 Å². The Balaban J connectivity index is 1.92. The number of nitrogens with two attached hydrogens (primary N) is 1. The summed E-state index contributed by atoms with van der Waals surface area (Å²) in [4.78, 5) is 0.447. The van der Waals surface area contributed by atoms with Crippen LogP contribution in [0.4, 0.5) is 0 Å². The highest BCUT2D eigenvalue weighted by Crippen LogP contribution is 2.38. The monoisotopic (exact) mass is 294 g/mol. The van der Waals surface area contributed by atoms with Gasteiger partial charge < -0.3 is 5.73 Å². The van der Waals surface area contributed by atoms with Crippen molar-refractivity contribution in [2.75, 3.05) is 6.54 Å². The Morgan fingerprint density at radius 2 is 1.95 bits per heavy atom. The molecule has 2 fully saturated rings. The zero-order chi connectivity index (χ0) is 14.3. The van der Waals surface area contributed by atoms with Gasteiger partial charge in [0.2, 0.25) is 10.0 Å². The lowest BCUT2D eigenvalue weighted by Crippen LogP contribution is -2.35. The lowest BCUT2D eigenvalue weighted by molar-refractivity contribution is 0.388. The normalized spacial score (nSPS) is 19.6. The van der Waals surface area contributed by atoms with E-state index in [4.69, 9.17) is 5.73 Å². The van der Waals surface area contributed by atoms with Gasteiger partial charge in [0.1, 0.15) is 0 Å². The second-order valence-electron chi connectivity index (χ2n) is 6.05. The molecule has 0 bridgehead atoms.